The van der Waals surface area contributed by atoms with E-state index in [4.69, 9.17) is 9.47 Å². The molecule has 2 aromatic rings. The molecule has 0 aliphatic heterocycles. The van der Waals surface area contributed by atoms with Gasteiger partial charge in [0.25, 0.3) is 0 Å². The van der Waals surface area contributed by atoms with Crippen molar-refractivity contribution in [2.75, 3.05) is 24.9 Å². The molecular weight excluding hydrogens is 298 g/mol. The quantitative estimate of drug-likeness (QED) is 0.906. The molecule has 0 saturated heterocycles. The lowest BCUT2D eigenvalue weighted by Gasteiger charge is -2.10. The highest BCUT2D eigenvalue weighted by Gasteiger charge is 2.12. The normalized spacial score (nSPS) is 10.0. The fourth-order valence-corrected chi connectivity index (χ4v) is 1.60. The van der Waals surface area contributed by atoms with Gasteiger partial charge in [0.05, 0.1) is 20.4 Å². The number of methoxy groups -OCH3 is 2. The summed E-state index contributed by atoms with van der Waals surface area (Å²) in [7, 11) is 2.74. The third-order valence-electron chi connectivity index (χ3n) is 2.48. The molecule has 9 heteroatoms. The molecule has 1 aromatic heterocycles. The lowest BCUT2D eigenvalue weighted by atomic mass is 10.3. The molecule has 0 saturated carbocycles. The Morgan fingerprint density at radius 1 is 1.09 bits per heavy atom. The molecule has 0 aliphatic carbocycles. The SMILES string of the molecule is COc1ncc(NC(=O)Nc2cc(F)cc(F)c2)c(OC)n1. The first-order valence-electron chi connectivity index (χ1n) is 6.01. The molecule has 0 aliphatic rings. The number of aromatic nitrogens is 2. The topological polar surface area (TPSA) is 85.4 Å². The molecular formula is C13H12F2N4O3. The summed E-state index contributed by atoms with van der Waals surface area (Å²) in [6, 6.07) is 1.98. The maximum Gasteiger partial charge on any atom is 0.323 e. The van der Waals surface area contributed by atoms with E-state index in [2.05, 4.69) is 20.6 Å². The van der Waals surface area contributed by atoms with E-state index in [1.165, 1.54) is 20.4 Å². The van der Waals surface area contributed by atoms with Gasteiger partial charge in [-0.15, -0.1) is 0 Å². The van der Waals surface area contributed by atoms with Crippen LogP contribution in [0.4, 0.5) is 25.0 Å². The van der Waals surface area contributed by atoms with Crippen molar-refractivity contribution < 1.29 is 23.0 Å². The number of carbonyl (C=O) groups is 1. The monoisotopic (exact) mass is 310 g/mol. The number of nitrogens with zero attached hydrogens (tertiary/aromatic N) is 2. The number of ether oxygens (including phenoxy) is 2. The van der Waals surface area contributed by atoms with Crippen LogP contribution in [0.5, 0.6) is 11.9 Å². The van der Waals surface area contributed by atoms with E-state index in [1.54, 1.807) is 0 Å². The van der Waals surface area contributed by atoms with Crippen LogP contribution in [-0.4, -0.2) is 30.2 Å². The molecule has 1 aromatic carbocycles. The number of carbonyl (C=O) groups excluding carboxylic acids is 1. The Bertz CT molecular complexity index is 677. The second-order valence-electron chi connectivity index (χ2n) is 4.02. The minimum absolute atomic E-state index is 0.0385. The van der Waals surface area contributed by atoms with E-state index in [-0.39, 0.29) is 23.3 Å². The molecule has 0 bridgehead atoms. The Hall–Kier alpha value is -2.97. The Morgan fingerprint density at radius 2 is 1.77 bits per heavy atom. The van der Waals surface area contributed by atoms with E-state index in [0.717, 1.165) is 12.1 Å². The number of hydrogen-bond donors (Lipinski definition) is 2. The van der Waals surface area contributed by atoms with Crippen LogP contribution in [0.25, 0.3) is 0 Å². The molecule has 2 rings (SSSR count). The number of halogens is 2. The number of amides is 2. The van der Waals surface area contributed by atoms with Crippen molar-refractivity contribution in [1.82, 2.24) is 9.97 Å². The summed E-state index contributed by atoms with van der Waals surface area (Å²) in [5.74, 6) is -1.53. The van der Waals surface area contributed by atoms with E-state index in [0.29, 0.717) is 6.07 Å². The fraction of sp³-hybridized carbons (Fsp3) is 0.154. The molecule has 1 heterocycles. The van der Waals surface area contributed by atoms with Crippen LogP contribution >= 0.6 is 0 Å². The summed E-state index contributed by atoms with van der Waals surface area (Å²) in [6.45, 7) is 0. The third-order valence-corrected chi connectivity index (χ3v) is 2.48. The van der Waals surface area contributed by atoms with E-state index >= 15 is 0 Å². The smallest absolute Gasteiger partial charge is 0.323 e. The number of nitrogens with one attached hydrogen (secondary N) is 2. The van der Waals surface area contributed by atoms with Crippen LogP contribution in [0.15, 0.2) is 24.4 Å². The van der Waals surface area contributed by atoms with Crippen molar-refractivity contribution in [2.45, 2.75) is 0 Å². The lowest BCUT2D eigenvalue weighted by Crippen LogP contribution is -2.20. The maximum atomic E-state index is 13.0. The number of rotatable bonds is 4. The number of anilines is 2. The van der Waals surface area contributed by atoms with Crippen LogP contribution in [0.3, 0.4) is 0 Å². The molecule has 7 nitrogen and oxygen atoms in total. The van der Waals surface area contributed by atoms with E-state index in [1.807, 2.05) is 0 Å². The van der Waals surface area contributed by atoms with Gasteiger partial charge in [0.1, 0.15) is 17.3 Å². The largest absolute Gasteiger partial charge is 0.479 e. The van der Waals surface area contributed by atoms with Crippen LogP contribution in [-0.2, 0) is 0 Å². The average Bonchev–Trinajstić information content (AvgIpc) is 2.46. The second-order valence-corrected chi connectivity index (χ2v) is 4.02. The summed E-state index contributed by atoms with van der Waals surface area (Å²) >= 11 is 0. The zero-order valence-corrected chi connectivity index (χ0v) is 11.7. The van der Waals surface area contributed by atoms with Crippen LogP contribution < -0.4 is 20.1 Å². The number of urea groups is 1. The van der Waals surface area contributed by atoms with Gasteiger partial charge in [-0.1, -0.05) is 0 Å². The Morgan fingerprint density at radius 3 is 2.36 bits per heavy atom. The highest BCUT2D eigenvalue weighted by molar-refractivity contribution is 6.00. The second kappa shape index (κ2) is 6.66. The molecule has 0 fully saturated rings. The van der Waals surface area contributed by atoms with Gasteiger partial charge >= 0.3 is 12.0 Å². The van der Waals surface area contributed by atoms with Gasteiger partial charge in [-0.25, -0.2) is 18.6 Å². The molecule has 2 amide bonds. The van der Waals surface area contributed by atoms with Crippen molar-refractivity contribution >= 4 is 17.4 Å². The van der Waals surface area contributed by atoms with Gasteiger partial charge in [0, 0.05) is 11.8 Å². The highest BCUT2D eigenvalue weighted by Crippen LogP contribution is 2.22. The minimum atomic E-state index is -0.805. The Balaban J connectivity index is 2.11. The standard InChI is InChI=1S/C13H12F2N4O3/c1-21-11-10(6-16-13(19-11)22-2)18-12(20)17-9-4-7(14)3-8(15)5-9/h3-6H,1-2H3,(H2,17,18,20). The summed E-state index contributed by atoms with van der Waals surface area (Å²) in [4.78, 5) is 19.5. The van der Waals surface area contributed by atoms with Gasteiger partial charge < -0.3 is 20.1 Å². The van der Waals surface area contributed by atoms with Crippen LogP contribution in [0.1, 0.15) is 0 Å². The zero-order valence-electron chi connectivity index (χ0n) is 11.7. The zero-order chi connectivity index (χ0) is 16.1. The van der Waals surface area contributed by atoms with Crippen molar-refractivity contribution in [1.29, 1.82) is 0 Å². The van der Waals surface area contributed by atoms with Crippen molar-refractivity contribution in [3.05, 3.63) is 36.0 Å². The first-order valence-corrected chi connectivity index (χ1v) is 6.01. The summed E-state index contributed by atoms with van der Waals surface area (Å²) in [6.07, 6.45) is 1.27. The number of hydrogen-bond acceptors (Lipinski definition) is 5. The van der Waals surface area contributed by atoms with Crippen molar-refractivity contribution in [2.24, 2.45) is 0 Å². The molecule has 0 spiro atoms. The minimum Gasteiger partial charge on any atom is -0.479 e. The van der Waals surface area contributed by atoms with Crippen LogP contribution in [0.2, 0.25) is 0 Å². The molecule has 0 radical (unpaired) electrons. The predicted molar refractivity (Wildman–Crippen MR) is 74.1 cm³/mol. The van der Waals surface area contributed by atoms with Gasteiger partial charge in [0.15, 0.2) is 0 Å². The fourth-order valence-electron chi connectivity index (χ4n) is 1.60. The van der Waals surface area contributed by atoms with Gasteiger partial charge in [-0.2, -0.15) is 4.98 Å². The first kappa shape index (κ1) is 15.4. The van der Waals surface area contributed by atoms with Crippen LogP contribution in [0, 0.1) is 11.6 Å². The summed E-state index contributed by atoms with van der Waals surface area (Å²) in [5, 5.41) is 4.68. The van der Waals surface area contributed by atoms with E-state index in [9.17, 15) is 13.6 Å². The van der Waals surface area contributed by atoms with Gasteiger partial charge in [-0.05, 0) is 12.1 Å². The van der Waals surface area contributed by atoms with Crippen molar-refractivity contribution in [3.8, 4) is 11.9 Å². The summed E-state index contributed by atoms with van der Waals surface area (Å²) in [5.41, 5.74) is 0.126. The Labute approximate surface area is 124 Å². The van der Waals surface area contributed by atoms with Crippen molar-refractivity contribution in [3.63, 3.8) is 0 Å². The summed E-state index contributed by atoms with van der Waals surface area (Å²) < 4.78 is 35.9. The maximum absolute atomic E-state index is 13.0. The Kier molecular flexibility index (Phi) is 4.66. The van der Waals surface area contributed by atoms with E-state index < -0.39 is 17.7 Å². The molecule has 22 heavy (non-hydrogen) atoms. The third kappa shape index (κ3) is 3.78. The number of benzene rings is 1. The van der Waals surface area contributed by atoms with Gasteiger partial charge in [0.2, 0.25) is 5.88 Å². The lowest BCUT2D eigenvalue weighted by molar-refractivity contribution is 0.262. The first-order chi connectivity index (χ1) is 10.5. The van der Waals surface area contributed by atoms with Gasteiger partial charge in [-0.3, -0.25) is 0 Å². The molecule has 0 atom stereocenters. The average molecular weight is 310 g/mol. The molecule has 116 valence electrons. The molecule has 0 unspecified atom stereocenters. The highest BCUT2D eigenvalue weighted by atomic mass is 19.1. The predicted octanol–water partition coefficient (Wildman–Crippen LogP) is 2.42. The molecule has 2 N–H and O–H groups in total.